The maximum Gasteiger partial charge on any atom is 0.745 e. The molecule has 0 bridgehead atoms. The normalized spacial score (nSPS) is 17.9. The number of fused-ring (bicyclic) bond motifs is 1. The van der Waals surface area contributed by atoms with Gasteiger partial charge in [0, 0.05) is 32.4 Å². The van der Waals surface area contributed by atoms with Gasteiger partial charge in [0.2, 0.25) is 0 Å². The second-order valence-corrected chi connectivity index (χ2v) is 12.8. The predicted octanol–water partition coefficient (Wildman–Crippen LogP) is 2.53. The first-order valence-electron chi connectivity index (χ1n) is 9.35. The van der Waals surface area contributed by atoms with Gasteiger partial charge >= 0.3 is 17.4 Å². The van der Waals surface area contributed by atoms with Crippen molar-refractivity contribution in [3.05, 3.63) is 23.8 Å². The number of ether oxygens (including phenoxy) is 1. The van der Waals surface area contributed by atoms with Crippen LogP contribution in [0.2, 0.25) is 12.6 Å². The minimum absolute atomic E-state index is 0.377. The first-order chi connectivity index (χ1) is 14.1. The number of rotatable bonds is 9. The van der Waals surface area contributed by atoms with Crippen LogP contribution in [0.3, 0.4) is 0 Å². The van der Waals surface area contributed by atoms with Crippen LogP contribution in [0.25, 0.3) is 0 Å². The van der Waals surface area contributed by atoms with Crippen molar-refractivity contribution in [1.82, 2.24) is 0 Å². The van der Waals surface area contributed by atoms with E-state index in [0.29, 0.717) is 12.4 Å². The third kappa shape index (κ3) is 7.04. The Morgan fingerprint density at radius 3 is 2.23 bits per heavy atom. The first kappa shape index (κ1) is 24.2. The third-order valence-electron chi connectivity index (χ3n) is 3.99. The van der Waals surface area contributed by atoms with E-state index < -0.39 is 41.5 Å². The standard InChI is InChI=1S/C18H26O9SSi2/c1-13(19)24-30(25-14(2)20,26-15(3)21)12-22-17-6-7-18-16(10-17)11-23-29(4,27-18)9-5-8-28/h6-7,10,28H,5,8-9,11-12H2,1-4H3. The van der Waals surface area contributed by atoms with Crippen LogP contribution in [0.5, 0.6) is 11.5 Å². The van der Waals surface area contributed by atoms with Crippen molar-refractivity contribution >= 4 is 47.9 Å². The molecule has 1 unspecified atom stereocenters. The molecule has 0 fully saturated rings. The molecule has 0 amide bonds. The second kappa shape index (κ2) is 10.3. The van der Waals surface area contributed by atoms with Crippen LogP contribution in [-0.2, 0) is 38.7 Å². The van der Waals surface area contributed by atoms with E-state index in [9.17, 15) is 14.4 Å². The molecule has 1 atom stereocenters. The van der Waals surface area contributed by atoms with Crippen molar-refractivity contribution < 1.29 is 41.3 Å². The zero-order chi connectivity index (χ0) is 22.4. The van der Waals surface area contributed by atoms with Crippen molar-refractivity contribution in [2.75, 3.05) is 12.0 Å². The Kier molecular flexibility index (Phi) is 8.35. The molecule has 0 aromatic heterocycles. The summed E-state index contributed by atoms with van der Waals surface area (Å²) >= 11 is 4.24. The van der Waals surface area contributed by atoms with E-state index in [1.807, 2.05) is 6.55 Å². The molecule has 0 saturated heterocycles. The van der Waals surface area contributed by atoms with Gasteiger partial charge in [-0.2, -0.15) is 12.6 Å². The Morgan fingerprint density at radius 2 is 1.70 bits per heavy atom. The molecule has 30 heavy (non-hydrogen) atoms. The van der Waals surface area contributed by atoms with Gasteiger partial charge in [0.15, 0.2) is 6.23 Å². The van der Waals surface area contributed by atoms with Crippen molar-refractivity contribution in [2.45, 2.75) is 46.4 Å². The van der Waals surface area contributed by atoms with Crippen LogP contribution < -0.4 is 9.16 Å². The summed E-state index contributed by atoms with van der Waals surface area (Å²) in [5, 5.41) is 0. The van der Waals surface area contributed by atoms with Gasteiger partial charge in [-0.25, -0.2) is 0 Å². The van der Waals surface area contributed by atoms with Crippen LogP contribution >= 0.6 is 12.6 Å². The molecule has 1 aromatic rings. The van der Waals surface area contributed by atoms with Gasteiger partial charge in [-0.1, -0.05) is 0 Å². The largest absolute Gasteiger partial charge is 0.745 e. The molecule has 1 aliphatic rings. The Bertz CT molecular complexity index is 763. The summed E-state index contributed by atoms with van der Waals surface area (Å²) < 4.78 is 33.1. The highest BCUT2D eigenvalue weighted by molar-refractivity contribution is 7.80. The summed E-state index contributed by atoms with van der Waals surface area (Å²) in [5.74, 6) is -0.384. The molecule has 0 saturated carbocycles. The van der Waals surface area contributed by atoms with Crippen molar-refractivity contribution in [1.29, 1.82) is 0 Å². The summed E-state index contributed by atoms with van der Waals surface area (Å²) in [4.78, 5) is 34.5. The molecule has 2 rings (SSSR count). The second-order valence-electron chi connectivity index (χ2n) is 6.87. The lowest BCUT2D eigenvalue weighted by atomic mass is 10.2. The smallest absolute Gasteiger partial charge is 0.520 e. The Morgan fingerprint density at radius 1 is 1.10 bits per heavy atom. The van der Waals surface area contributed by atoms with Gasteiger partial charge in [0.05, 0.1) is 6.61 Å². The molecule has 9 nitrogen and oxygen atoms in total. The molecule has 1 aliphatic heterocycles. The van der Waals surface area contributed by atoms with Crippen molar-refractivity contribution in [3.63, 3.8) is 0 Å². The fraction of sp³-hybridized carbons (Fsp3) is 0.500. The summed E-state index contributed by atoms with van der Waals surface area (Å²) in [5.41, 5.74) is 0.795. The van der Waals surface area contributed by atoms with Crippen LogP contribution in [-0.4, -0.2) is 47.3 Å². The van der Waals surface area contributed by atoms with Gasteiger partial charge in [-0.05, 0) is 36.9 Å². The van der Waals surface area contributed by atoms with Crippen LogP contribution in [0.1, 0.15) is 32.8 Å². The highest BCUT2D eigenvalue weighted by atomic mass is 32.1. The minimum Gasteiger partial charge on any atom is -0.520 e. The average Bonchev–Trinajstić information content (AvgIpc) is 2.63. The fourth-order valence-corrected chi connectivity index (χ4v) is 7.52. The molecule has 166 valence electrons. The quantitative estimate of drug-likeness (QED) is 0.427. The lowest BCUT2D eigenvalue weighted by molar-refractivity contribution is -0.148. The number of carbonyl (C=O) groups excluding carboxylic acids is 3. The minimum atomic E-state index is -4.07. The maximum absolute atomic E-state index is 11.5. The van der Waals surface area contributed by atoms with Crippen LogP contribution in [0.4, 0.5) is 0 Å². The zero-order valence-corrected chi connectivity index (χ0v) is 20.3. The fourth-order valence-electron chi connectivity index (χ4n) is 2.85. The zero-order valence-electron chi connectivity index (χ0n) is 17.4. The highest BCUT2D eigenvalue weighted by Crippen LogP contribution is 2.34. The molecular weight excluding hydrogens is 448 g/mol. The van der Waals surface area contributed by atoms with Gasteiger partial charge < -0.3 is 26.9 Å². The molecule has 0 N–H and O–H groups in total. The number of hydrogen-bond acceptors (Lipinski definition) is 10. The first-order valence-corrected chi connectivity index (χ1v) is 14.4. The highest BCUT2D eigenvalue weighted by Gasteiger charge is 2.53. The summed E-state index contributed by atoms with van der Waals surface area (Å²) in [6, 6.07) is 6.00. The van der Waals surface area contributed by atoms with Gasteiger partial charge in [-0.3, -0.25) is 14.4 Å². The topological polar surface area (TPSA) is 107 Å². The summed E-state index contributed by atoms with van der Waals surface area (Å²) in [7, 11) is -6.36. The Balaban J connectivity index is 2.15. The maximum atomic E-state index is 11.5. The summed E-state index contributed by atoms with van der Waals surface area (Å²) in [6.45, 7) is 5.76. The molecule has 1 aromatic carbocycles. The van der Waals surface area contributed by atoms with E-state index in [2.05, 4.69) is 12.6 Å². The van der Waals surface area contributed by atoms with Crippen LogP contribution in [0.15, 0.2) is 18.2 Å². The van der Waals surface area contributed by atoms with E-state index in [1.54, 1.807) is 18.2 Å². The van der Waals surface area contributed by atoms with Gasteiger partial charge in [0.1, 0.15) is 11.5 Å². The lowest BCUT2D eigenvalue weighted by Gasteiger charge is -2.33. The molecule has 12 heteroatoms. The van der Waals surface area contributed by atoms with Gasteiger partial charge in [-0.15, -0.1) is 0 Å². The molecule has 0 aliphatic carbocycles. The van der Waals surface area contributed by atoms with E-state index in [1.165, 1.54) is 0 Å². The Hall–Kier alpha value is -2.03. The van der Waals surface area contributed by atoms with E-state index in [0.717, 1.165) is 50.3 Å². The van der Waals surface area contributed by atoms with E-state index in [4.69, 9.17) is 26.9 Å². The molecule has 0 radical (unpaired) electrons. The summed E-state index contributed by atoms with van der Waals surface area (Å²) in [6.07, 6.45) is 0.498. The molecule has 1 heterocycles. The lowest BCUT2D eigenvalue weighted by Crippen LogP contribution is -2.54. The van der Waals surface area contributed by atoms with Crippen molar-refractivity contribution in [3.8, 4) is 11.5 Å². The van der Waals surface area contributed by atoms with Crippen LogP contribution in [0, 0.1) is 0 Å². The predicted molar refractivity (Wildman–Crippen MR) is 113 cm³/mol. The Labute approximate surface area is 183 Å². The molecular formula is C18H26O9SSi2. The number of hydrogen-bond donors (Lipinski definition) is 1. The average molecular weight is 475 g/mol. The van der Waals surface area contributed by atoms with Crippen molar-refractivity contribution in [2.24, 2.45) is 0 Å². The number of carbonyl (C=O) groups is 3. The number of thiol groups is 1. The third-order valence-corrected chi connectivity index (χ3v) is 9.27. The molecule has 0 spiro atoms. The van der Waals surface area contributed by atoms with E-state index in [-0.39, 0.29) is 0 Å². The monoisotopic (exact) mass is 474 g/mol. The van der Waals surface area contributed by atoms with E-state index >= 15 is 0 Å². The number of benzene rings is 1. The van der Waals surface area contributed by atoms with Gasteiger partial charge in [0.25, 0.3) is 17.9 Å². The SMILES string of the molecule is CC(=O)O[Si](COc1ccc2c(c1)CO[Si](C)(CCCS)O2)(OC(C)=O)OC(C)=O.